The number of hydrogen-bond donors (Lipinski definition) is 1. The average Bonchev–Trinajstić information content (AvgIpc) is 2.44. The highest BCUT2D eigenvalue weighted by molar-refractivity contribution is 5.85. The van der Waals surface area contributed by atoms with Gasteiger partial charge in [-0.2, -0.15) is 0 Å². The molecule has 0 spiro atoms. The van der Waals surface area contributed by atoms with Crippen LogP contribution in [-0.4, -0.2) is 22.8 Å². The van der Waals surface area contributed by atoms with Crippen molar-refractivity contribution in [2.24, 2.45) is 0 Å². The van der Waals surface area contributed by atoms with Crippen LogP contribution in [0.2, 0.25) is 0 Å². The molecule has 0 fully saturated rings. The standard InChI is InChI=1S/C16H19N3O.ClH/c1-12-3-5-13(6-4-12)11-19(2)16(20)9-15-8-7-14(17)10-18-15;/h3-8,10H,9,11,17H2,1-2H3;1H. The molecule has 1 aromatic heterocycles. The zero-order valence-corrected chi connectivity index (χ0v) is 13.1. The number of aryl methyl sites for hydroxylation is 1. The predicted molar refractivity (Wildman–Crippen MR) is 87.3 cm³/mol. The molecule has 21 heavy (non-hydrogen) atoms. The number of nitrogen functional groups attached to an aromatic ring is 1. The summed E-state index contributed by atoms with van der Waals surface area (Å²) in [6, 6.07) is 11.7. The molecule has 5 heteroatoms. The van der Waals surface area contributed by atoms with Gasteiger partial charge in [0.2, 0.25) is 5.91 Å². The molecule has 0 aliphatic rings. The van der Waals surface area contributed by atoms with Crippen LogP contribution in [0.25, 0.3) is 0 Å². The lowest BCUT2D eigenvalue weighted by molar-refractivity contribution is -0.129. The Labute approximate surface area is 131 Å². The molecule has 112 valence electrons. The Morgan fingerprint density at radius 1 is 1.19 bits per heavy atom. The lowest BCUT2D eigenvalue weighted by Crippen LogP contribution is -2.28. The van der Waals surface area contributed by atoms with E-state index in [0.29, 0.717) is 18.7 Å². The van der Waals surface area contributed by atoms with E-state index in [0.717, 1.165) is 11.3 Å². The number of anilines is 1. The van der Waals surface area contributed by atoms with Crippen LogP contribution in [0.1, 0.15) is 16.8 Å². The third-order valence-corrected chi connectivity index (χ3v) is 3.15. The van der Waals surface area contributed by atoms with Gasteiger partial charge in [-0.1, -0.05) is 29.8 Å². The lowest BCUT2D eigenvalue weighted by Gasteiger charge is -2.17. The smallest absolute Gasteiger partial charge is 0.228 e. The van der Waals surface area contributed by atoms with E-state index >= 15 is 0 Å². The summed E-state index contributed by atoms with van der Waals surface area (Å²) in [5, 5.41) is 0. The first-order valence-corrected chi connectivity index (χ1v) is 6.54. The zero-order valence-electron chi connectivity index (χ0n) is 12.2. The van der Waals surface area contributed by atoms with Crippen molar-refractivity contribution in [3.63, 3.8) is 0 Å². The quantitative estimate of drug-likeness (QED) is 0.944. The minimum absolute atomic E-state index is 0. The molecule has 0 radical (unpaired) electrons. The van der Waals surface area contributed by atoms with Crippen molar-refractivity contribution >= 4 is 24.0 Å². The molecule has 1 aromatic carbocycles. The summed E-state index contributed by atoms with van der Waals surface area (Å²) in [6.45, 7) is 2.65. The molecule has 0 unspecified atom stereocenters. The predicted octanol–water partition coefficient (Wildman–Crippen LogP) is 2.60. The highest BCUT2D eigenvalue weighted by Gasteiger charge is 2.10. The van der Waals surface area contributed by atoms with Crippen LogP contribution in [0.3, 0.4) is 0 Å². The number of rotatable bonds is 4. The average molecular weight is 306 g/mol. The van der Waals surface area contributed by atoms with E-state index in [9.17, 15) is 4.79 Å². The van der Waals surface area contributed by atoms with Crippen molar-refractivity contribution < 1.29 is 4.79 Å². The van der Waals surface area contributed by atoms with Gasteiger partial charge in [0.1, 0.15) is 0 Å². The Bertz CT molecular complexity index is 581. The first-order valence-electron chi connectivity index (χ1n) is 6.54. The fourth-order valence-electron chi connectivity index (χ4n) is 1.89. The molecule has 4 nitrogen and oxygen atoms in total. The fraction of sp³-hybridized carbons (Fsp3) is 0.250. The van der Waals surface area contributed by atoms with Crippen molar-refractivity contribution in [3.8, 4) is 0 Å². The zero-order chi connectivity index (χ0) is 14.5. The summed E-state index contributed by atoms with van der Waals surface area (Å²) in [5.41, 5.74) is 9.25. The number of benzene rings is 1. The van der Waals surface area contributed by atoms with E-state index in [1.54, 1.807) is 30.3 Å². The fourth-order valence-corrected chi connectivity index (χ4v) is 1.89. The first kappa shape index (κ1) is 17.0. The van der Waals surface area contributed by atoms with Gasteiger partial charge in [-0.15, -0.1) is 12.4 Å². The Kier molecular flexibility index (Phi) is 6.18. The summed E-state index contributed by atoms with van der Waals surface area (Å²) in [7, 11) is 1.81. The van der Waals surface area contributed by atoms with Gasteiger partial charge in [0.25, 0.3) is 0 Å². The largest absolute Gasteiger partial charge is 0.397 e. The van der Waals surface area contributed by atoms with Crippen molar-refractivity contribution in [3.05, 3.63) is 59.4 Å². The molecule has 2 rings (SSSR count). The summed E-state index contributed by atoms with van der Waals surface area (Å²) in [5.74, 6) is 0.0443. The highest BCUT2D eigenvalue weighted by Crippen LogP contribution is 2.08. The first-order chi connectivity index (χ1) is 9.54. The van der Waals surface area contributed by atoms with Crippen molar-refractivity contribution in [1.82, 2.24) is 9.88 Å². The molecule has 0 saturated carbocycles. The number of halogens is 1. The van der Waals surface area contributed by atoms with Crippen LogP contribution in [-0.2, 0) is 17.8 Å². The maximum absolute atomic E-state index is 12.1. The van der Waals surface area contributed by atoms with Crippen LogP contribution < -0.4 is 5.73 Å². The summed E-state index contributed by atoms with van der Waals surface area (Å²) in [6.07, 6.45) is 1.87. The number of amides is 1. The SMILES string of the molecule is Cc1ccc(CN(C)C(=O)Cc2ccc(N)cn2)cc1.Cl. The van der Waals surface area contributed by atoms with Gasteiger partial charge in [0, 0.05) is 19.3 Å². The van der Waals surface area contributed by atoms with E-state index in [-0.39, 0.29) is 18.3 Å². The van der Waals surface area contributed by atoms with E-state index in [2.05, 4.69) is 17.1 Å². The number of likely N-dealkylation sites (N-methyl/N-ethyl adjacent to an activating group) is 1. The molecule has 0 atom stereocenters. The topological polar surface area (TPSA) is 59.2 Å². The van der Waals surface area contributed by atoms with E-state index < -0.39 is 0 Å². The van der Waals surface area contributed by atoms with Crippen LogP contribution >= 0.6 is 12.4 Å². The maximum Gasteiger partial charge on any atom is 0.228 e. The van der Waals surface area contributed by atoms with E-state index in [4.69, 9.17) is 5.73 Å². The second-order valence-electron chi connectivity index (χ2n) is 5.00. The molecule has 2 N–H and O–H groups in total. The van der Waals surface area contributed by atoms with Crippen molar-refractivity contribution in [2.75, 3.05) is 12.8 Å². The number of carbonyl (C=O) groups excluding carboxylic acids is 1. The van der Waals surface area contributed by atoms with Crippen molar-refractivity contribution in [1.29, 1.82) is 0 Å². The summed E-state index contributed by atoms with van der Waals surface area (Å²) in [4.78, 5) is 18.0. The molecule has 1 amide bonds. The number of carbonyl (C=O) groups is 1. The van der Waals surface area contributed by atoms with Crippen LogP contribution in [0.4, 0.5) is 5.69 Å². The second-order valence-corrected chi connectivity index (χ2v) is 5.00. The Hall–Kier alpha value is -2.07. The Morgan fingerprint density at radius 2 is 1.86 bits per heavy atom. The molecular weight excluding hydrogens is 286 g/mol. The summed E-state index contributed by atoms with van der Waals surface area (Å²) >= 11 is 0. The number of nitrogens with two attached hydrogens (primary N) is 1. The molecule has 0 saturated heterocycles. The Morgan fingerprint density at radius 3 is 2.43 bits per heavy atom. The van der Waals surface area contributed by atoms with Gasteiger partial charge in [-0.3, -0.25) is 9.78 Å². The van der Waals surface area contributed by atoms with Crippen molar-refractivity contribution in [2.45, 2.75) is 19.9 Å². The molecule has 1 heterocycles. The van der Waals surface area contributed by atoms with Gasteiger partial charge in [-0.05, 0) is 24.6 Å². The van der Waals surface area contributed by atoms with E-state index in [1.807, 2.05) is 19.1 Å². The van der Waals surface area contributed by atoms with Gasteiger partial charge < -0.3 is 10.6 Å². The van der Waals surface area contributed by atoms with E-state index in [1.165, 1.54) is 5.56 Å². The van der Waals surface area contributed by atoms with Crippen LogP contribution in [0.15, 0.2) is 42.6 Å². The second kappa shape index (κ2) is 7.64. The number of pyridine rings is 1. The number of hydrogen-bond acceptors (Lipinski definition) is 3. The monoisotopic (exact) mass is 305 g/mol. The normalized spacial score (nSPS) is 9.81. The van der Waals surface area contributed by atoms with Gasteiger partial charge in [0.15, 0.2) is 0 Å². The Balaban J connectivity index is 0.00000220. The third-order valence-electron chi connectivity index (χ3n) is 3.15. The minimum atomic E-state index is 0. The minimum Gasteiger partial charge on any atom is -0.397 e. The summed E-state index contributed by atoms with van der Waals surface area (Å²) < 4.78 is 0. The molecular formula is C16H20ClN3O. The molecule has 0 bridgehead atoms. The van der Waals surface area contributed by atoms with Crippen LogP contribution in [0.5, 0.6) is 0 Å². The molecule has 0 aliphatic carbocycles. The third kappa shape index (κ3) is 5.08. The molecule has 0 aliphatic heterocycles. The van der Waals surface area contributed by atoms with Gasteiger partial charge >= 0.3 is 0 Å². The number of aromatic nitrogens is 1. The van der Waals surface area contributed by atoms with Gasteiger partial charge in [-0.25, -0.2) is 0 Å². The maximum atomic E-state index is 12.1. The number of nitrogens with zero attached hydrogens (tertiary/aromatic N) is 2. The lowest BCUT2D eigenvalue weighted by atomic mass is 10.1. The van der Waals surface area contributed by atoms with Crippen LogP contribution in [0, 0.1) is 6.92 Å². The van der Waals surface area contributed by atoms with Gasteiger partial charge in [0.05, 0.1) is 18.3 Å². The molecule has 2 aromatic rings. The highest BCUT2D eigenvalue weighted by atomic mass is 35.5.